The quantitative estimate of drug-likeness (QED) is 0.412. The highest BCUT2D eigenvalue weighted by atomic mass is 28.4. The summed E-state index contributed by atoms with van der Waals surface area (Å²) >= 11 is 0. The van der Waals surface area contributed by atoms with E-state index in [9.17, 15) is 0 Å². The summed E-state index contributed by atoms with van der Waals surface area (Å²) in [6.07, 6.45) is 2.78. The van der Waals surface area contributed by atoms with Crippen LogP contribution in [-0.4, -0.2) is 42.9 Å². The lowest BCUT2D eigenvalue weighted by atomic mass is 10.2. The van der Waals surface area contributed by atoms with E-state index in [1.165, 1.54) is 0 Å². The molecule has 100 valence electrons. The van der Waals surface area contributed by atoms with E-state index < -0.39 is 8.80 Å². The standard InChI is InChI=1S/C13H21NO3Si/c1-15-18(16-2,17-3)11-7-10-14-12-13-8-5-4-6-9-13/h4-6,8-9,12H,7,10-11H2,1-3H3/b14-12-. The number of rotatable bonds is 8. The first-order valence-corrected chi connectivity index (χ1v) is 7.90. The summed E-state index contributed by atoms with van der Waals surface area (Å²) in [6, 6.07) is 10.8. The molecule has 0 bridgehead atoms. The van der Waals surface area contributed by atoms with Gasteiger partial charge in [0, 0.05) is 40.1 Å². The molecule has 1 aromatic rings. The smallest absolute Gasteiger partial charge is 0.377 e. The monoisotopic (exact) mass is 267 g/mol. The molecule has 0 atom stereocenters. The molecule has 0 aromatic heterocycles. The molecule has 0 fully saturated rings. The molecule has 1 rings (SSSR count). The first-order valence-electron chi connectivity index (χ1n) is 5.96. The van der Waals surface area contributed by atoms with E-state index in [0.29, 0.717) is 0 Å². The molecule has 5 heteroatoms. The van der Waals surface area contributed by atoms with Crippen molar-refractivity contribution in [3.63, 3.8) is 0 Å². The highest BCUT2D eigenvalue weighted by molar-refractivity contribution is 6.60. The Labute approximate surface area is 110 Å². The maximum absolute atomic E-state index is 5.34. The van der Waals surface area contributed by atoms with Crippen molar-refractivity contribution < 1.29 is 13.3 Å². The third-order valence-corrected chi connectivity index (χ3v) is 5.58. The van der Waals surface area contributed by atoms with Crippen LogP contribution < -0.4 is 0 Å². The fourth-order valence-corrected chi connectivity index (χ4v) is 3.36. The minimum absolute atomic E-state index is 0.750. The molecule has 0 spiro atoms. The molecular weight excluding hydrogens is 246 g/mol. The number of benzene rings is 1. The molecule has 1 aromatic carbocycles. The third kappa shape index (κ3) is 4.70. The van der Waals surface area contributed by atoms with Crippen molar-refractivity contribution in [3.05, 3.63) is 35.9 Å². The number of nitrogens with zero attached hydrogens (tertiary/aromatic N) is 1. The lowest BCUT2D eigenvalue weighted by Gasteiger charge is -2.23. The number of hydrogen-bond acceptors (Lipinski definition) is 4. The summed E-state index contributed by atoms with van der Waals surface area (Å²) < 4.78 is 16.0. The minimum Gasteiger partial charge on any atom is -0.377 e. The number of hydrogen-bond donors (Lipinski definition) is 0. The van der Waals surface area contributed by atoms with Gasteiger partial charge in [-0.15, -0.1) is 0 Å². The van der Waals surface area contributed by atoms with Crippen LogP contribution >= 0.6 is 0 Å². The molecule has 0 aliphatic rings. The predicted molar refractivity (Wildman–Crippen MR) is 75.1 cm³/mol. The summed E-state index contributed by atoms with van der Waals surface area (Å²) in [5.41, 5.74) is 1.12. The Morgan fingerprint density at radius 2 is 1.67 bits per heavy atom. The fourth-order valence-electron chi connectivity index (χ4n) is 1.65. The zero-order valence-corrected chi connectivity index (χ0v) is 12.3. The third-order valence-electron chi connectivity index (χ3n) is 2.74. The second kappa shape index (κ2) is 8.15. The van der Waals surface area contributed by atoms with Crippen LogP contribution in [0.1, 0.15) is 12.0 Å². The van der Waals surface area contributed by atoms with Gasteiger partial charge in [-0.3, -0.25) is 4.99 Å². The van der Waals surface area contributed by atoms with Crippen molar-refractivity contribution in [3.8, 4) is 0 Å². The van der Waals surface area contributed by atoms with Crippen LogP contribution in [0.15, 0.2) is 35.3 Å². The molecule has 0 N–H and O–H groups in total. The topological polar surface area (TPSA) is 40.0 Å². The molecule has 0 aliphatic heterocycles. The summed E-state index contributed by atoms with van der Waals surface area (Å²) in [4.78, 5) is 4.38. The summed E-state index contributed by atoms with van der Waals surface area (Å²) in [7, 11) is 2.47. The summed E-state index contributed by atoms with van der Waals surface area (Å²) in [6.45, 7) is 0.750. The first kappa shape index (κ1) is 15.0. The second-order valence-electron chi connectivity index (χ2n) is 3.84. The fraction of sp³-hybridized carbons (Fsp3) is 0.462. The summed E-state index contributed by atoms with van der Waals surface area (Å²) in [5, 5.41) is 0. The molecule has 4 nitrogen and oxygen atoms in total. The average Bonchev–Trinajstić information content (AvgIpc) is 2.45. The lowest BCUT2D eigenvalue weighted by Crippen LogP contribution is -2.42. The second-order valence-corrected chi connectivity index (χ2v) is 6.94. The molecule has 0 unspecified atom stereocenters. The zero-order valence-electron chi connectivity index (χ0n) is 11.3. The van der Waals surface area contributed by atoms with Gasteiger partial charge >= 0.3 is 8.80 Å². The first-order chi connectivity index (χ1) is 8.76. The molecule has 0 radical (unpaired) electrons. The Balaban J connectivity index is 2.32. The predicted octanol–water partition coefficient (Wildman–Crippen LogP) is 2.37. The van der Waals surface area contributed by atoms with E-state index in [4.69, 9.17) is 13.3 Å². The minimum atomic E-state index is -2.42. The van der Waals surface area contributed by atoms with Crippen molar-refractivity contribution in [1.82, 2.24) is 0 Å². The van der Waals surface area contributed by atoms with Gasteiger partial charge in [0.15, 0.2) is 0 Å². The van der Waals surface area contributed by atoms with Crippen LogP contribution in [-0.2, 0) is 13.3 Å². The molecule has 0 saturated heterocycles. The van der Waals surface area contributed by atoms with Crippen LogP contribution in [0.25, 0.3) is 0 Å². The average molecular weight is 267 g/mol. The van der Waals surface area contributed by atoms with Gasteiger partial charge < -0.3 is 13.3 Å². The molecule has 0 saturated carbocycles. The highest BCUT2D eigenvalue weighted by Crippen LogP contribution is 2.14. The van der Waals surface area contributed by atoms with E-state index in [-0.39, 0.29) is 0 Å². The van der Waals surface area contributed by atoms with E-state index in [1.54, 1.807) is 21.3 Å². The highest BCUT2D eigenvalue weighted by Gasteiger charge is 2.36. The van der Waals surface area contributed by atoms with E-state index in [2.05, 4.69) is 4.99 Å². The van der Waals surface area contributed by atoms with Gasteiger partial charge in [-0.25, -0.2) is 0 Å². The van der Waals surface area contributed by atoms with Gasteiger partial charge in [-0.1, -0.05) is 30.3 Å². The van der Waals surface area contributed by atoms with E-state index in [1.807, 2.05) is 36.5 Å². The van der Waals surface area contributed by atoms with Crippen molar-refractivity contribution in [2.24, 2.45) is 4.99 Å². The maximum Gasteiger partial charge on any atom is 0.500 e. The Morgan fingerprint density at radius 3 is 2.22 bits per heavy atom. The van der Waals surface area contributed by atoms with Gasteiger partial charge in [0.1, 0.15) is 0 Å². The molecule has 0 aliphatic carbocycles. The summed E-state index contributed by atoms with van der Waals surface area (Å²) in [5.74, 6) is 0. The van der Waals surface area contributed by atoms with E-state index >= 15 is 0 Å². The molecular formula is C13H21NO3Si. The van der Waals surface area contributed by atoms with Crippen molar-refractivity contribution in [1.29, 1.82) is 0 Å². The SMILES string of the molecule is CO[Si](CCC/N=C\c1ccccc1)(OC)OC. The lowest BCUT2D eigenvalue weighted by molar-refractivity contribution is 0.123. The van der Waals surface area contributed by atoms with Crippen LogP contribution in [0, 0.1) is 0 Å². The van der Waals surface area contributed by atoms with Gasteiger partial charge in [0.25, 0.3) is 0 Å². The van der Waals surface area contributed by atoms with Gasteiger partial charge in [0.05, 0.1) is 0 Å². The molecule has 0 amide bonds. The van der Waals surface area contributed by atoms with Crippen LogP contribution in [0.3, 0.4) is 0 Å². The zero-order chi connectivity index (χ0) is 13.3. The van der Waals surface area contributed by atoms with Crippen molar-refractivity contribution >= 4 is 15.0 Å². The Bertz CT molecular complexity index is 344. The largest absolute Gasteiger partial charge is 0.500 e. The van der Waals surface area contributed by atoms with Crippen LogP contribution in [0.2, 0.25) is 6.04 Å². The van der Waals surface area contributed by atoms with Crippen LogP contribution in [0.5, 0.6) is 0 Å². The Kier molecular flexibility index (Phi) is 6.81. The Hall–Kier alpha value is -1.01. The molecule has 18 heavy (non-hydrogen) atoms. The van der Waals surface area contributed by atoms with E-state index in [0.717, 1.165) is 24.6 Å². The van der Waals surface area contributed by atoms with Crippen molar-refractivity contribution in [2.45, 2.75) is 12.5 Å². The van der Waals surface area contributed by atoms with Crippen LogP contribution in [0.4, 0.5) is 0 Å². The normalized spacial score (nSPS) is 12.2. The number of aliphatic imine (C=N–C) groups is 1. The Morgan fingerprint density at radius 1 is 1.06 bits per heavy atom. The van der Waals surface area contributed by atoms with Crippen molar-refractivity contribution in [2.75, 3.05) is 27.9 Å². The molecule has 0 heterocycles. The van der Waals surface area contributed by atoms with Gasteiger partial charge in [-0.2, -0.15) is 0 Å². The van der Waals surface area contributed by atoms with Gasteiger partial charge in [-0.05, 0) is 12.0 Å². The van der Waals surface area contributed by atoms with Gasteiger partial charge in [0.2, 0.25) is 0 Å². The maximum atomic E-state index is 5.34.